The number of aromatic amines is 1. The fourth-order valence-corrected chi connectivity index (χ4v) is 1.64. The van der Waals surface area contributed by atoms with Crippen LogP contribution in [0.1, 0.15) is 16.1 Å². The van der Waals surface area contributed by atoms with Crippen LogP contribution < -0.4 is 22.3 Å². The van der Waals surface area contributed by atoms with E-state index in [9.17, 15) is 9.59 Å². The maximum atomic E-state index is 12.0. The fourth-order valence-electron chi connectivity index (χ4n) is 1.64. The topological polar surface area (TPSA) is 127 Å². The van der Waals surface area contributed by atoms with Crippen LogP contribution in [0.25, 0.3) is 0 Å². The molecule has 1 amide bonds. The molecule has 1 aromatic heterocycles. The van der Waals surface area contributed by atoms with Gasteiger partial charge in [-0.15, -0.1) is 0 Å². The summed E-state index contributed by atoms with van der Waals surface area (Å²) in [5, 5.41) is 2.48. The summed E-state index contributed by atoms with van der Waals surface area (Å²) in [5.41, 5.74) is 11.6. The van der Waals surface area contributed by atoms with Crippen LogP contribution in [0.15, 0.2) is 29.1 Å². The van der Waals surface area contributed by atoms with Crippen molar-refractivity contribution in [2.45, 2.75) is 6.92 Å². The normalized spacial score (nSPS) is 10.2. The average molecular weight is 259 g/mol. The number of carbonyl (C=O) groups excluding carboxylic acids is 1. The number of para-hydroxylation sites is 1. The first-order valence-corrected chi connectivity index (χ1v) is 5.51. The molecule has 0 atom stereocenters. The molecule has 0 saturated carbocycles. The molecule has 0 radical (unpaired) electrons. The highest BCUT2D eigenvalue weighted by Crippen LogP contribution is 2.13. The molecule has 1 heterocycles. The summed E-state index contributed by atoms with van der Waals surface area (Å²) in [7, 11) is 0. The first-order valence-electron chi connectivity index (χ1n) is 5.51. The molecular formula is C12H13N5O2. The van der Waals surface area contributed by atoms with Gasteiger partial charge in [0.25, 0.3) is 11.5 Å². The van der Waals surface area contributed by atoms with Crippen LogP contribution >= 0.6 is 0 Å². The number of anilines is 3. The van der Waals surface area contributed by atoms with Crippen LogP contribution in [0.4, 0.5) is 17.3 Å². The minimum absolute atomic E-state index is 0.000256. The Hall–Kier alpha value is -2.83. The maximum Gasteiger partial charge on any atom is 0.276 e. The van der Waals surface area contributed by atoms with Crippen LogP contribution in [0.3, 0.4) is 0 Å². The third-order valence-electron chi connectivity index (χ3n) is 2.56. The Morgan fingerprint density at radius 2 is 2.00 bits per heavy atom. The van der Waals surface area contributed by atoms with Gasteiger partial charge in [-0.05, 0) is 19.1 Å². The number of rotatable bonds is 2. The van der Waals surface area contributed by atoms with Crippen LogP contribution in [-0.4, -0.2) is 15.9 Å². The van der Waals surface area contributed by atoms with Crippen LogP contribution in [0, 0.1) is 6.92 Å². The fraction of sp³-hybridized carbons (Fsp3) is 0.0833. The van der Waals surface area contributed by atoms with E-state index in [2.05, 4.69) is 15.3 Å². The van der Waals surface area contributed by atoms with E-state index >= 15 is 0 Å². The van der Waals surface area contributed by atoms with E-state index < -0.39 is 11.5 Å². The quantitative estimate of drug-likeness (QED) is 0.584. The molecule has 0 unspecified atom stereocenters. The highest BCUT2D eigenvalue weighted by Gasteiger charge is 2.14. The zero-order chi connectivity index (χ0) is 14.0. The molecule has 7 nitrogen and oxygen atoms in total. The number of nitrogens with two attached hydrogens (primary N) is 2. The van der Waals surface area contributed by atoms with Crippen molar-refractivity contribution in [3.63, 3.8) is 0 Å². The number of H-pyrrole nitrogens is 1. The largest absolute Gasteiger partial charge is 0.398 e. The van der Waals surface area contributed by atoms with E-state index in [0.29, 0.717) is 11.4 Å². The Morgan fingerprint density at radius 3 is 2.63 bits per heavy atom. The zero-order valence-electron chi connectivity index (χ0n) is 10.2. The lowest BCUT2D eigenvalue weighted by molar-refractivity contribution is 0.102. The molecular weight excluding hydrogens is 246 g/mol. The van der Waals surface area contributed by atoms with Crippen molar-refractivity contribution < 1.29 is 4.79 Å². The number of hydrogen-bond acceptors (Lipinski definition) is 5. The predicted molar refractivity (Wildman–Crippen MR) is 72.8 cm³/mol. The Labute approximate surface area is 108 Å². The summed E-state index contributed by atoms with van der Waals surface area (Å²) in [6, 6.07) is 6.57. The molecule has 0 aliphatic heterocycles. The van der Waals surface area contributed by atoms with E-state index in [0.717, 1.165) is 0 Å². The molecule has 0 saturated heterocycles. The number of nitrogens with zero attached hydrogens (tertiary/aromatic N) is 1. The molecule has 2 aromatic rings. The van der Waals surface area contributed by atoms with Crippen LogP contribution in [0.2, 0.25) is 0 Å². The second kappa shape index (κ2) is 4.81. The molecule has 0 fully saturated rings. The molecule has 1 aromatic carbocycles. The summed E-state index contributed by atoms with van der Waals surface area (Å²) in [6.45, 7) is 1.58. The molecule has 98 valence electrons. The highest BCUT2D eigenvalue weighted by atomic mass is 16.2. The van der Waals surface area contributed by atoms with E-state index in [-0.39, 0.29) is 17.2 Å². The van der Waals surface area contributed by atoms with Gasteiger partial charge in [0.05, 0.1) is 11.3 Å². The van der Waals surface area contributed by atoms with Gasteiger partial charge in [0.15, 0.2) is 0 Å². The van der Waals surface area contributed by atoms with Gasteiger partial charge in [0, 0.05) is 5.69 Å². The summed E-state index contributed by atoms with van der Waals surface area (Å²) < 4.78 is 0. The van der Waals surface area contributed by atoms with Gasteiger partial charge in [-0.1, -0.05) is 12.1 Å². The van der Waals surface area contributed by atoms with Crippen molar-refractivity contribution in [3.8, 4) is 0 Å². The predicted octanol–water partition coefficient (Wildman–Crippen LogP) is 0.495. The first kappa shape index (κ1) is 12.6. The van der Waals surface area contributed by atoms with Crippen molar-refractivity contribution >= 4 is 23.2 Å². The summed E-state index contributed by atoms with van der Waals surface area (Å²) in [4.78, 5) is 29.9. The number of benzene rings is 1. The van der Waals surface area contributed by atoms with Crippen molar-refractivity contribution in [2.75, 3.05) is 16.8 Å². The third-order valence-corrected chi connectivity index (χ3v) is 2.56. The lowest BCUT2D eigenvalue weighted by Crippen LogP contribution is -2.23. The van der Waals surface area contributed by atoms with E-state index in [1.165, 1.54) is 0 Å². The second-order valence-electron chi connectivity index (χ2n) is 3.95. The van der Waals surface area contributed by atoms with Crippen molar-refractivity contribution in [1.82, 2.24) is 9.97 Å². The van der Waals surface area contributed by atoms with Crippen LogP contribution in [-0.2, 0) is 0 Å². The molecule has 0 spiro atoms. The van der Waals surface area contributed by atoms with Gasteiger partial charge in [0.2, 0.25) is 5.95 Å². The number of nitrogen functional groups attached to an aromatic ring is 2. The lowest BCUT2D eigenvalue weighted by atomic mass is 10.1. The lowest BCUT2D eigenvalue weighted by Gasteiger charge is -2.08. The Kier molecular flexibility index (Phi) is 3.19. The van der Waals surface area contributed by atoms with E-state index in [4.69, 9.17) is 11.5 Å². The second-order valence-corrected chi connectivity index (χ2v) is 3.95. The Bertz CT molecular complexity index is 693. The minimum Gasteiger partial charge on any atom is -0.398 e. The summed E-state index contributed by atoms with van der Waals surface area (Å²) in [5.74, 6) is -0.474. The summed E-state index contributed by atoms with van der Waals surface area (Å²) >= 11 is 0. The smallest absolute Gasteiger partial charge is 0.276 e. The highest BCUT2D eigenvalue weighted by molar-refractivity contribution is 6.07. The van der Waals surface area contributed by atoms with Gasteiger partial charge in [-0.2, -0.15) is 0 Å². The van der Waals surface area contributed by atoms with Crippen molar-refractivity contribution in [1.29, 1.82) is 0 Å². The minimum atomic E-state index is -0.507. The molecule has 0 aliphatic rings. The van der Waals surface area contributed by atoms with Gasteiger partial charge in [-0.25, -0.2) is 4.98 Å². The van der Waals surface area contributed by atoms with Gasteiger partial charge in [-0.3, -0.25) is 14.6 Å². The van der Waals surface area contributed by atoms with Gasteiger partial charge < -0.3 is 16.8 Å². The third kappa shape index (κ3) is 2.54. The SMILES string of the molecule is Cc1nc(N)[nH]c(=O)c1NC(=O)c1ccccc1N. The number of aromatic nitrogens is 2. The Morgan fingerprint density at radius 1 is 1.32 bits per heavy atom. The van der Waals surface area contributed by atoms with E-state index in [1.54, 1.807) is 31.2 Å². The van der Waals surface area contributed by atoms with Crippen molar-refractivity contribution in [2.24, 2.45) is 0 Å². The van der Waals surface area contributed by atoms with Gasteiger partial charge >= 0.3 is 0 Å². The number of amides is 1. The number of aryl methyl sites for hydroxylation is 1. The van der Waals surface area contributed by atoms with Gasteiger partial charge in [0.1, 0.15) is 5.69 Å². The summed E-state index contributed by atoms with van der Waals surface area (Å²) in [6.07, 6.45) is 0. The van der Waals surface area contributed by atoms with Crippen LogP contribution in [0.5, 0.6) is 0 Å². The number of nitrogens with one attached hydrogen (secondary N) is 2. The maximum absolute atomic E-state index is 12.0. The zero-order valence-corrected chi connectivity index (χ0v) is 10.2. The first-order chi connectivity index (χ1) is 8.99. The standard InChI is InChI=1S/C12H13N5O2/c1-6-9(11(19)17-12(14)15-6)16-10(18)7-4-2-3-5-8(7)13/h2-5H,13H2,1H3,(H,16,18)(H3,14,15,17,19). The molecule has 0 bridgehead atoms. The molecule has 0 aliphatic carbocycles. The van der Waals surface area contributed by atoms with Crippen molar-refractivity contribution in [3.05, 3.63) is 45.9 Å². The molecule has 7 heteroatoms. The molecule has 6 N–H and O–H groups in total. The average Bonchev–Trinajstić information content (AvgIpc) is 2.34. The molecule has 19 heavy (non-hydrogen) atoms. The molecule has 2 rings (SSSR count). The number of hydrogen-bond donors (Lipinski definition) is 4. The monoisotopic (exact) mass is 259 g/mol. The van der Waals surface area contributed by atoms with E-state index in [1.807, 2.05) is 0 Å². The Balaban J connectivity index is 2.35. The number of carbonyl (C=O) groups is 1.